The molecule has 0 saturated carbocycles. The van der Waals surface area contributed by atoms with Crippen molar-refractivity contribution in [3.05, 3.63) is 31.5 Å². The number of nitrogens with one attached hydrogen (secondary N) is 1. The molecule has 0 fully saturated rings. The molecule has 0 aromatic carbocycles. The maximum absolute atomic E-state index is 11.9. The van der Waals surface area contributed by atoms with Gasteiger partial charge in [0, 0.05) is 20.1 Å². The molecule has 1 heterocycles. The van der Waals surface area contributed by atoms with Crippen LogP contribution in [-0.2, 0) is 22.6 Å². The number of ether oxygens (including phenoxy) is 1. The molecular weight excluding hydrogens is 320 g/mol. The van der Waals surface area contributed by atoms with Crippen LogP contribution in [0.25, 0.3) is 0 Å². The third-order valence-electron chi connectivity index (χ3n) is 3.15. The number of aromatic nitrogens is 3. The van der Waals surface area contributed by atoms with E-state index in [1.807, 2.05) is 4.98 Å². The minimum atomic E-state index is -0.807. The SMILES string of the molecule is CCn1c(=O)[nH]c(=O)n(CCOC(=O)CCCCCN)c1=O.CO. The van der Waals surface area contributed by atoms with E-state index in [1.165, 1.54) is 0 Å². The highest BCUT2D eigenvalue weighted by Gasteiger charge is 2.09. The van der Waals surface area contributed by atoms with E-state index in [0.29, 0.717) is 13.0 Å². The Balaban J connectivity index is 0.00000254. The van der Waals surface area contributed by atoms with Crippen molar-refractivity contribution in [2.24, 2.45) is 5.73 Å². The largest absolute Gasteiger partial charge is 0.464 e. The zero-order valence-electron chi connectivity index (χ0n) is 14.1. The van der Waals surface area contributed by atoms with Gasteiger partial charge in [0.25, 0.3) is 0 Å². The molecule has 0 saturated heterocycles. The number of aromatic amines is 1. The summed E-state index contributed by atoms with van der Waals surface area (Å²) < 4.78 is 6.71. The average molecular weight is 346 g/mol. The van der Waals surface area contributed by atoms with Crippen molar-refractivity contribution in [2.45, 2.75) is 45.7 Å². The molecule has 138 valence electrons. The van der Waals surface area contributed by atoms with Crippen LogP contribution in [0.5, 0.6) is 0 Å². The van der Waals surface area contributed by atoms with Crippen LogP contribution in [0.4, 0.5) is 0 Å². The summed E-state index contributed by atoms with van der Waals surface area (Å²) in [5, 5.41) is 7.00. The van der Waals surface area contributed by atoms with Gasteiger partial charge in [-0.15, -0.1) is 0 Å². The Morgan fingerprint density at radius 1 is 1.12 bits per heavy atom. The fraction of sp³-hybridized carbons (Fsp3) is 0.714. The monoisotopic (exact) mass is 346 g/mol. The predicted molar refractivity (Wildman–Crippen MR) is 87.9 cm³/mol. The van der Waals surface area contributed by atoms with Gasteiger partial charge in [-0.25, -0.2) is 23.5 Å². The topological polar surface area (TPSA) is 149 Å². The minimum Gasteiger partial charge on any atom is -0.464 e. The number of hydrogen-bond donors (Lipinski definition) is 3. The van der Waals surface area contributed by atoms with E-state index < -0.39 is 17.1 Å². The normalized spacial score (nSPS) is 10.0. The van der Waals surface area contributed by atoms with Crippen LogP contribution in [0, 0.1) is 0 Å². The van der Waals surface area contributed by atoms with Crippen LogP contribution in [0.1, 0.15) is 32.6 Å². The molecule has 4 N–H and O–H groups in total. The van der Waals surface area contributed by atoms with Gasteiger partial charge in [0.1, 0.15) is 6.61 Å². The van der Waals surface area contributed by atoms with Crippen molar-refractivity contribution >= 4 is 5.97 Å². The van der Waals surface area contributed by atoms with Crippen LogP contribution in [0.3, 0.4) is 0 Å². The summed E-state index contributed by atoms with van der Waals surface area (Å²) in [6.07, 6.45) is 2.68. The number of aliphatic hydroxyl groups is 1. The molecule has 10 heteroatoms. The molecule has 0 amide bonds. The fourth-order valence-corrected chi connectivity index (χ4v) is 1.94. The third kappa shape index (κ3) is 6.92. The Labute approximate surface area is 138 Å². The Kier molecular flexibility index (Phi) is 11.1. The number of H-pyrrole nitrogens is 1. The number of carbonyl (C=O) groups is 1. The van der Waals surface area contributed by atoms with Crippen molar-refractivity contribution in [1.29, 1.82) is 0 Å². The highest BCUT2D eigenvalue weighted by Crippen LogP contribution is 2.00. The summed E-state index contributed by atoms with van der Waals surface area (Å²) in [5.74, 6) is -0.384. The second-order valence-electron chi connectivity index (χ2n) is 4.73. The first-order valence-electron chi connectivity index (χ1n) is 7.75. The molecule has 0 spiro atoms. The van der Waals surface area contributed by atoms with E-state index >= 15 is 0 Å². The van der Waals surface area contributed by atoms with Gasteiger partial charge in [-0.3, -0.25) is 9.78 Å². The smallest absolute Gasteiger partial charge is 0.336 e. The minimum absolute atomic E-state index is 0.0943. The number of nitrogens with zero attached hydrogens (tertiary/aromatic N) is 2. The molecule has 24 heavy (non-hydrogen) atoms. The molecule has 0 aliphatic rings. The second-order valence-corrected chi connectivity index (χ2v) is 4.73. The Morgan fingerprint density at radius 3 is 2.33 bits per heavy atom. The fourth-order valence-electron chi connectivity index (χ4n) is 1.94. The van der Waals surface area contributed by atoms with Gasteiger partial charge < -0.3 is 15.6 Å². The van der Waals surface area contributed by atoms with Crippen molar-refractivity contribution in [1.82, 2.24) is 14.1 Å². The number of carbonyl (C=O) groups excluding carboxylic acids is 1. The van der Waals surface area contributed by atoms with Gasteiger partial charge in [0.05, 0.1) is 6.54 Å². The van der Waals surface area contributed by atoms with Crippen LogP contribution in [-0.4, -0.2) is 45.5 Å². The third-order valence-corrected chi connectivity index (χ3v) is 3.15. The molecule has 1 aromatic heterocycles. The van der Waals surface area contributed by atoms with Gasteiger partial charge in [-0.05, 0) is 26.3 Å². The molecule has 1 rings (SSSR count). The lowest BCUT2D eigenvalue weighted by atomic mass is 10.2. The Morgan fingerprint density at radius 2 is 1.75 bits per heavy atom. The molecule has 0 aliphatic heterocycles. The second kappa shape index (κ2) is 12.3. The molecule has 0 radical (unpaired) electrons. The summed E-state index contributed by atoms with van der Waals surface area (Å²) in [5.41, 5.74) is 3.08. The summed E-state index contributed by atoms with van der Waals surface area (Å²) in [7, 11) is 1.00. The highest BCUT2D eigenvalue weighted by molar-refractivity contribution is 5.69. The van der Waals surface area contributed by atoms with E-state index in [9.17, 15) is 19.2 Å². The standard InChI is InChI=1S/C13H22N4O5.CH4O/c1-2-16-11(19)15-12(20)17(13(16)21)8-9-22-10(18)6-4-3-5-7-14;1-2/h2-9,14H2,1H3,(H,15,19,20);2H,1H3. The molecule has 0 unspecified atom stereocenters. The number of hydrogen-bond acceptors (Lipinski definition) is 7. The van der Waals surface area contributed by atoms with Gasteiger partial charge in [0.2, 0.25) is 0 Å². The summed E-state index contributed by atoms with van der Waals surface area (Å²) in [6, 6.07) is 0. The Hall–Kier alpha value is -2.20. The van der Waals surface area contributed by atoms with Crippen LogP contribution < -0.4 is 22.8 Å². The summed E-state index contributed by atoms with van der Waals surface area (Å²) in [4.78, 5) is 48.4. The summed E-state index contributed by atoms with van der Waals surface area (Å²) in [6.45, 7) is 2.17. The maximum atomic E-state index is 11.9. The van der Waals surface area contributed by atoms with E-state index in [1.54, 1.807) is 6.92 Å². The molecular formula is C14H26N4O6. The number of nitrogens with two attached hydrogens (primary N) is 1. The number of unbranched alkanes of at least 4 members (excludes halogenated alkanes) is 2. The number of esters is 1. The molecule has 10 nitrogen and oxygen atoms in total. The van der Waals surface area contributed by atoms with Crippen molar-refractivity contribution in [3.63, 3.8) is 0 Å². The van der Waals surface area contributed by atoms with E-state index in [4.69, 9.17) is 15.6 Å². The summed E-state index contributed by atoms with van der Waals surface area (Å²) >= 11 is 0. The lowest BCUT2D eigenvalue weighted by Gasteiger charge is -2.08. The van der Waals surface area contributed by atoms with Gasteiger partial charge >= 0.3 is 23.0 Å². The van der Waals surface area contributed by atoms with Gasteiger partial charge in [-0.1, -0.05) is 6.42 Å². The highest BCUT2D eigenvalue weighted by atomic mass is 16.5. The van der Waals surface area contributed by atoms with E-state index in [-0.39, 0.29) is 32.1 Å². The van der Waals surface area contributed by atoms with Crippen LogP contribution >= 0.6 is 0 Å². The molecule has 0 bridgehead atoms. The first kappa shape index (κ1) is 21.8. The zero-order chi connectivity index (χ0) is 18.5. The first-order chi connectivity index (χ1) is 11.5. The number of rotatable bonds is 9. The lowest BCUT2D eigenvalue weighted by Crippen LogP contribution is -2.49. The van der Waals surface area contributed by atoms with Crippen molar-refractivity contribution < 1.29 is 14.6 Å². The van der Waals surface area contributed by atoms with E-state index in [2.05, 4.69) is 0 Å². The van der Waals surface area contributed by atoms with Crippen LogP contribution in [0.2, 0.25) is 0 Å². The maximum Gasteiger partial charge on any atom is 0.336 e. The molecule has 0 atom stereocenters. The number of aliphatic hydroxyl groups excluding tert-OH is 1. The molecule has 1 aromatic rings. The van der Waals surface area contributed by atoms with Crippen molar-refractivity contribution in [2.75, 3.05) is 20.3 Å². The molecule has 0 aliphatic carbocycles. The van der Waals surface area contributed by atoms with Gasteiger partial charge in [0.15, 0.2) is 0 Å². The van der Waals surface area contributed by atoms with Crippen molar-refractivity contribution in [3.8, 4) is 0 Å². The first-order valence-corrected chi connectivity index (χ1v) is 7.75. The van der Waals surface area contributed by atoms with Crippen LogP contribution in [0.15, 0.2) is 14.4 Å². The quantitative estimate of drug-likeness (QED) is 0.359. The van der Waals surface area contributed by atoms with E-state index in [0.717, 1.165) is 29.1 Å². The zero-order valence-corrected chi connectivity index (χ0v) is 14.1. The van der Waals surface area contributed by atoms with Gasteiger partial charge in [-0.2, -0.15) is 0 Å². The lowest BCUT2D eigenvalue weighted by molar-refractivity contribution is -0.144. The predicted octanol–water partition coefficient (Wildman–Crippen LogP) is -1.61. The average Bonchev–Trinajstić information content (AvgIpc) is 2.56. The Bertz CT molecular complexity index is 660.